The van der Waals surface area contributed by atoms with Gasteiger partial charge in [0.15, 0.2) is 0 Å². The molecule has 1 atom stereocenters. The summed E-state index contributed by atoms with van der Waals surface area (Å²) in [6.07, 6.45) is 5.12. The number of ether oxygens (including phenoxy) is 3. The van der Waals surface area contributed by atoms with Gasteiger partial charge in [-0.2, -0.15) is 0 Å². The monoisotopic (exact) mass is 441 g/mol. The van der Waals surface area contributed by atoms with Gasteiger partial charge in [0, 0.05) is 5.56 Å². The molecular weight excluding hydrogens is 414 g/mol. The number of allylic oxidation sites excluding steroid dienone is 1. The molecule has 0 aliphatic heterocycles. The number of hydrogen-bond donors (Lipinski definition) is 2. The highest BCUT2D eigenvalue weighted by molar-refractivity contribution is 5.98. The summed E-state index contributed by atoms with van der Waals surface area (Å²) in [7, 11) is 2.37. The van der Waals surface area contributed by atoms with E-state index in [-0.39, 0.29) is 13.0 Å². The second-order valence-electron chi connectivity index (χ2n) is 6.78. The average Bonchev–Trinajstić information content (AvgIpc) is 3.18. The maximum atomic E-state index is 12.6. The number of H-pyrrole nitrogens is 1. The van der Waals surface area contributed by atoms with Crippen LogP contribution in [-0.4, -0.2) is 48.1 Å². The number of esters is 2. The number of aromatic amines is 1. The molecular formula is C23H27N3O6. The van der Waals surface area contributed by atoms with Crippen molar-refractivity contribution in [3.8, 4) is 5.75 Å². The lowest BCUT2D eigenvalue weighted by atomic mass is 10.1. The zero-order valence-corrected chi connectivity index (χ0v) is 18.6. The van der Waals surface area contributed by atoms with Crippen LogP contribution in [0.5, 0.6) is 5.75 Å². The summed E-state index contributed by atoms with van der Waals surface area (Å²) in [5, 5.41) is 2.50. The van der Waals surface area contributed by atoms with Gasteiger partial charge in [-0.15, -0.1) is 0 Å². The number of imidazole rings is 1. The van der Waals surface area contributed by atoms with Crippen molar-refractivity contribution in [3.63, 3.8) is 0 Å². The third-order valence-electron chi connectivity index (χ3n) is 4.53. The number of aryl methyl sites for hydroxylation is 1. The van der Waals surface area contributed by atoms with E-state index in [9.17, 15) is 14.4 Å². The van der Waals surface area contributed by atoms with Gasteiger partial charge in [-0.1, -0.05) is 12.7 Å². The Bertz CT molecular complexity index is 1020. The highest BCUT2D eigenvalue weighted by Crippen LogP contribution is 2.21. The van der Waals surface area contributed by atoms with E-state index < -0.39 is 23.9 Å². The van der Waals surface area contributed by atoms with Gasteiger partial charge in [-0.25, -0.2) is 9.78 Å². The lowest BCUT2D eigenvalue weighted by Crippen LogP contribution is -2.43. The van der Waals surface area contributed by atoms with Crippen LogP contribution in [0.15, 0.2) is 30.9 Å². The van der Waals surface area contributed by atoms with Crippen LogP contribution in [0.1, 0.15) is 46.5 Å². The Balaban J connectivity index is 2.08. The topological polar surface area (TPSA) is 120 Å². The number of aromatic nitrogens is 2. The second-order valence-corrected chi connectivity index (χ2v) is 6.78. The largest absolute Gasteiger partial charge is 0.485 e. The smallest absolute Gasteiger partial charge is 0.328 e. The van der Waals surface area contributed by atoms with Crippen molar-refractivity contribution in [2.24, 2.45) is 0 Å². The molecule has 0 spiro atoms. The van der Waals surface area contributed by atoms with Crippen molar-refractivity contribution in [1.29, 1.82) is 0 Å². The third kappa shape index (κ3) is 6.31. The molecule has 9 nitrogen and oxygen atoms in total. The number of carbonyl (C=O) groups is 3. The van der Waals surface area contributed by atoms with Gasteiger partial charge >= 0.3 is 11.9 Å². The summed E-state index contributed by atoms with van der Waals surface area (Å²) >= 11 is 0. The lowest BCUT2D eigenvalue weighted by Gasteiger charge is -2.16. The second kappa shape index (κ2) is 11.5. The number of nitrogens with one attached hydrogen (secondary N) is 2. The van der Waals surface area contributed by atoms with E-state index in [0.717, 1.165) is 11.4 Å². The van der Waals surface area contributed by atoms with Crippen LogP contribution in [0.2, 0.25) is 0 Å². The molecule has 2 rings (SSSR count). The number of benzene rings is 1. The van der Waals surface area contributed by atoms with Crippen LogP contribution in [0, 0.1) is 6.92 Å². The predicted octanol–water partition coefficient (Wildman–Crippen LogP) is 2.81. The van der Waals surface area contributed by atoms with E-state index in [1.165, 1.54) is 14.2 Å². The molecule has 0 radical (unpaired) electrons. The first-order valence-corrected chi connectivity index (χ1v) is 9.85. The molecule has 170 valence electrons. The molecule has 1 aromatic carbocycles. The Hall–Kier alpha value is -3.88. The minimum absolute atomic E-state index is 0.203. The molecule has 2 aromatic rings. The Labute approximate surface area is 186 Å². The lowest BCUT2D eigenvalue weighted by molar-refractivity contribution is -0.149. The molecule has 1 aromatic heterocycles. The van der Waals surface area contributed by atoms with Gasteiger partial charge in [0.05, 0.1) is 32.0 Å². The minimum atomic E-state index is -1.15. The molecule has 1 unspecified atom stereocenters. The maximum absolute atomic E-state index is 12.6. The molecule has 0 fully saturated rings. The molecule has 2 N–H and O–H groups in total. The Morgan fingerprint density at radius 3 is 2.59 bits per heavy atom. The molecule has 0 bridgehead atoms. The van der Waals surface area contributed by atoms with Crippen LogP contribution in [0.25, 0.3) is 12.2 Å². The van der Waals surface area contributed by atoms with E-state index in [1.54, 1.807) is 31.2 Å². The number of nitrogens with zero attached hydrogens (tertiary/aromatic N) is 1. The first kappa shape index (κ1) is 24.4. The van der Waals surface area contributed by atoms with Crippen molar-refractivity contribution in [2.75, 3.05) is 14.2 Å². The van der Waals surface area contributed by atoms with Crippen molar-refractivity contribution in [3.05, 3.63) is 59.2 Å². The minimum Gasteiger partial charge on any atom is -0.485 e. The van der Waals surface area contributed by atoms with Crippen molar-refractivity contribution < 1.29 is 28.6 Å². The average molecular weight is 441 g/mol. The Morgan fingerprint density at radius 1 is 1.25 bits per heavy atom. The molecule has 0 saturated carbocycles. The van der Waals surface area contributed by atoms with Crippen molar-refractivity contribution >= 4 is 30.0 Å². The summed E-state index contributed by atoms with van der Waals surface area (Å²) in [5.41, 5.74) is 2.59. The highest BCUT2D eigenvalue weighted by atomic mass is 16.5. The predicted molar refractivity (Wildman–Crippen MR) is 119 cm³/mol. The molecule has 1 heterocycles. The van der Waals surface area contributed by atoms with Gasteiger partial charge in [0.2, 0.25) is 0 Å². The van der Waals surface area contributed by atoms with Gasteiger partial charge in [0.1, 0.15) is 24.2 Å². The van der Waals surface area contributed by atoms with Crippen LogP contribution < -0.4 is 10.1 Å². The molecule has 0 saturated heterocycles. The first-order valence-electron chi connectivity index (χ1n) is 9.85. The zero-order chi connectivity index (χ0) is 23.7. The van der Waals surface area contributed by atoms with E-state index in [0.29, 0.717) is 22.7 Å². The van der Waals surface area contributed by atoms with Crippen LogP contribution in [-0.2, 0) is 25.7 Å². The summed E-state index contributed by atoms with van der Waals surface area (Å²) in [5.74, 6) is -0.704. The fourth-order valence-corrected chi connectivity index (χ4v) is 2.90. The van der Waals surface area contributed by atoms with Gasteiger partial charge < -0.3 is 24.5 Å². The number of hydrogen-bond acceptors (Lipinski definition) is 7. The fraction of sp³-hybridized carbons (Fsp3) is 0.304. The van der Waals surface area contributed by atoms with Crippen LogP contribution in [0.4, 0.5) is 0 Å². The standard InChI is InChI=1S/C23H27N3O6/c1-6-8-17-16(7-2)24-20(25-17)13-32-19-10-9-15(11-14(19)3)22(28)26-18(23(29)31-5)12-21(27)30-4/h6-11,18H,2,12-13H2,1,3-5H3,(H,24,25)(H,26,28)/b8-6-. The SMILES string of the molecule is C=Cc1nc(COc2ccc(C(=O)NC(CC(=O)OC)C(=O)OC)cc2C)[nH]c1/C=C\C. The number of methoxy groups -OCH3 is 2. The maximum Gasteiger partial charge on any atom is 0.328 e. The number of amides is 1. The van der Waals surface area contributed by atoms with Gasteiger partial charge in [-0.3, -0.25) is 9.59 Å². The van der Waals surface area contributed by atoms with E-state index >= 15 is 0 Å². The normalized spacial score (nSPS) is 11.6. The van der Waals surface area contributed by atoms with E-state index in [4.69, 9.17) is 4.74 Å². The fourth-order valence-electron chi connectivity index (χ4n) is 2.90. The summed E-state index contributed by atoms with van der Waals surface area (Å²) < 4.78 is 15.0. The number of carbonyl (C=O) groups excluding carboxylic acids is 3. The molecule has 0 aliphatic carbocycles. The van der Waals surface area contributed by atoms with Crippen molar-refractivity contribution in [1.82, 2.24) is 15.3 Å². The zero-order valence-electron chi connectivity index (χ0n) is 18.6. The number of rotatable bonds is 10. The van der Waals surface area contributed by atoms with Gasteiger partial charge in [0.25, 0.3) is 5.91 Å². The van der Waals surface area contributed by atoms with Crippen LogP contribution in [0.3, 0.4) is 0 Å². The van der Waals surface area contributed by atoms with Crippen molar-refractivity contribution in [2.45, 2.75) is 32.9 Å². The van der Waals surface area contributed by atoms with E-state index in [2.05, 4.69) is 31.3 Å². The summed E-state index contributed by atoms with van der Waals surface area (Å²) in [6, 6.07) is 3.69. The van der Waals surface area contributed by atoms with Crippen LogP contribution >= 0.6 is 0 Å². The van der Waals surface area contributed by atoms with E-state index in [1.807, 2.05) is 19.1 Å². The Kier molecular flexibility index (Phi) is 8.76. The third-order valence-corrected chi connectivity index (χ3v) is 4.53. The highest BCUT2D eigenvalue weighted by Gasteiger charge is 2.25. The first-order chi connectivity index (χ1) is 15.3. The molecule has 1 amide bonds. The molecule has 0 aliphatic rings. The molecule has 32 heavy (non-hydrogen) atoms. The Morgan fingerprint density at radius 2 is 2.00 bits per heavy atom. The summed E-state index contributed by atoms with van der Waals surface area (Å²) in [6.45, 7) is 7.66. The quantitative estimate of drug-likeness (QED) is 0.544. The van der Waals surface area contributed by atoms with Gasteiger partial charge in [-0.05, 0) is 49.8 Å². The summed E-state index contributed by atoms with van der Waals surface area (Å²) in [4.78, 5) is 43.6. The molecule has 9 heteroatoms.